The maximum absolute atomic E-state index is 13.2. The van der Waals surface area contributed by atoms with Gasteiger partial charge in [-0.2, -0.15) is 13.2 Å². The molecule has 1 aliphatic heterocycles. The average molecular weight is 417 g/mol. The molecule has 2 aromatic rings. The molecule has 0 spiro atoms. The summed E-state index contributed by atoms with van der Waals surface area (Å²) in [7, 11) is 0. The molecule has 0 fully saturated rings. The number of aliphatic carboxylic acids is 1. The number of carbonyl (C=O) groups is 1. The van der Waals surface area contributed by atoms with Crippen LogP contribution < -0.4 is 9.47 Å². The van der Waals surface area contributed by atoms with Crippen LogP contribution in [-0.4, -0.2) is 29.6 Å². The van der Waals surface area contributed by atoms with Gasteiger partial charge in [0.2, 0.25) is 6.10 Å². The molecule has 9 heteroatoms. The summed E-state index contributed by atoms with van der Waals surface area (Å²) in [4.78, 5) is 12.2. The summed E-state index contributed by atoms with van der Waals surface area (Å²) < 4.78 is 50.0. The first-order valence-electron chi connectivity index (χ1n) is 7.52. The number of benzene rings is 2. The van der Waals surface area contributed by atoms with Gasteiger partial charge in [-0.15, -0.1) is 11.8 Å². The molecule has 1 heterocycles. The minimum Gasteiger partial charge on any atom is -0.478 e. The molecular weight excluding hydrogens is 405 g/mol. The molecule has 2 aromatic carbocycles. The second-order valence-electron chi connectivity index (χ2n) is 5.54. The largest absolute Gasteiger partial charge is 0.478 e. The van der Waals surface area contributed by atoms with Crippen LogP contribution in [0.5, 0.6) is 17.2 Å². The van der Waals surface area contributed by atoms with E-state index in [9.17, 15) is 18.0 Å². The van der Waals surface area contributed by atoms with Crippen molar-refractivity contribution in [3.05, 3.63) is 52.6 Å². The van der Waals surface area contributed by atoms with Gasteiger partial charge in [-0.1, -0.05) is 11.6 Å². The Hall–Kier alpha value is -2.32. The first kappa shape index (κ1) is 19.4. The summed E-state index contributed by atoms with van der Waals surface area (Å²) in [5.74, 6) is -1.34. The monoisotopic (exact) mass is 416 g/mol. The zero-order valence-electron chi connectivity index (χ0n) is 13.7. The lowest BCUT2D eigenvalue weighted by molar-refractivity contribution is -0.187. The number of fused-ring (bicyclic) bond motifs is 1. The molecule has 1 atom stereocenters. The Bertz CT molecular complexity index is 910. The molecule has 0 saturated heterocycles. The van der Waals surface area contributed by atoms with E-state index in [4.69, 9.17) is 26.2 Å². The number of carboxylic acids is 1. The molecule has 1 aliphatic rings. The first-order valence-corrected chi connectivity index (χ1v) is 9.13. The highest BCUT2D eigenvalue weighted by atomic mass is 35.5. The number of thioether (sulfide) groups is 1. The van der Waals surface area contributed by atoms with E-state index in [0.717, 1.165) is 11.0 Å². The molecule has 4 nitrogen and oxygen atoms in total. The quantitative estimate of drug-likeness (QED) is 0.653. The molecule has 0 aromatic heterocycles. The van der Waals surface area contributed by atoms with Gasteiger partial charge in [-0.3, -0.25) is 0 Å². The summed E-state index contributed by atoms with van der Waals surface area (Å²) in [6.45, 7) is 0. The minimum absolute atomic E-state index is 0.0976. The van der Waals surface area contributed by atoms with Crippen LogP contribution in [0.4, 0.5) is 13.2 Å². The van der Waals surface area contributed by atoms with E-state index in [2.05, 4.69) is 0 Å². The van der Waals surface area contributed by atoms with E-state index in [1.807, 2.05) is 18.4 Å². The standard InChI is InChI=1S/C18H12ClF3O4S/c1-27-11-4-2-10(3-5-11)25-15-8-14-9(7-13(15)19)6-12(17(23)24)16(26-14)18(20,21)22/h2-8,16H,1H3,(H,23,24)/t16-/m0/s1. The molecule has 0 bridgehead atoms. The predicted octanol–water partition coefficient (Wildman–Crippen LogP) is 5.65. The van der Waals surface area contributed by atoms with Crippen LogP contribution in [0, 0.1) is 0 Å². The van der Waals surface area contributed by atoms with Crippen molar-refractivity contribution in [1.29, 1.82) is 0 Å². The summed E-state index contributed by atoms with van der Waals surface area (Å²) in [5.41, 5.74) is -0.782. The van der Waals surface area contributed by atoms with E-state index >= 15 is 0 Å². The zero-order chi connectivity index (χ0) is 19.8. The van der Waals surface area contributed by atoms with Crippen molar-refractivity contribution >= 4 is 35.4 Å². The van der Waals surface area contributed by atoms with E-state index in [0.29, 0.717) is 5.75 Å². The molecular formula is C18H12ClF3O4S. The maximum atomic E-state index is 13.2. The van der Waals surface area contributed by atoms with Crippen LogP contribution in [0.3, 0.4) is 0 Å². The van der Waals surface area contributed by atoms with Crippen molar-refractivity contribution in [2.75, 3.05) is 6.26 Å². The Morgan fingerprint density at radius 3 is 2.48 bits per heavy atom. The highest BCUT2D eigenvalue weighted by Crippen LogP contribution is 2.42. The Balaban J connectivity index is 1.97. The Morgan fingerprint density at radius 2 is 1.93 bits per heavy atom. The molecule has 0 radical (unpaired) electrons. The molecule has 0 saturated carbocycles. The fraction of sp³-hybridized carbons (Fsp3) is 0.167. The van der Waals surface area contributed by atoms with Crippen LogP contribution in [0.1, 0.15) is 5.56 Å². The van der Waals surface area contributed by atoms with Gasteiger partial charge in [0.15, 0.2) is 0 Å². The number of carboxylic acid groups (broad SMARTS) is 1. The fourth-order valence-corrected chi connectivity index (χ4v) is 3.08. The number of ether oxygens (including phenoxy) is 2. The van der Waals surface area contributed by atoms with Crippen LogP contribution in [-0.2, 0) is 4.79 Å². The SMILES string of the molecule is CSc1ccc(Oc2cc3c(cc2Cl)C=C(C(=O)O)[C@@H](C(F)(F)F)O3)cc1. The molecule has 3 rings (SSSR count). The van der Waals surface area contributed by atoms with Crippen LogP contribution in [0.25, 0.3) is 6.08 Å². The summed E-state index contributed by atoms with van der Waals surface area (Å²) in [5, 5.41) is 9.16. The number of hydrogen-bond donors (Lipinski definition) is 1. The van der Waals surface area contributed by atoms with E-state index in [-0.39, 0.29) is 22.1 Å². The van der Waals surface area contributed by atoms with Crippen molar-refractivity contribution in [2.45, 2.75) is 17.2 Å². The number of hydrogen-bond acceptors (Lipinski definition) is 4. The average Bonchev–Trinajstić information content (AvgIpc) is 2.61. The summed E-state index contributed by atoms with van der Waals surface area (Å²) >= 11 is 7.69. The number of rotatable bonds is 4. The smallest absolute Gasteiger partial charge is 0.430 e. The molecule has 0 unspecified atom stereocenters. The molecule has 0 amide bonds. The van der Waals surface area contributed by atoms with E-state index < -0.39 is 23.8 Å². The van der Waals surface area contributed by atoms with Crippen LogP contribution in [0.2, 0.25) is 5.02 Å². The van der Waals surface area contributed by atoms with E-state index in [1.54, 1.807) is 23.9 Å². The molecule has 27 heavy (non-hydrogen) atoms. The van der Waals surface area contributed by atoms with Gasteiger partial charge in [0.05, 0.1) is 10.6 Å². The third-order valence-corrected chi connectivity index (χ3v) is 4.77. The van der Waals surface area contributed by atoms with Crippen molar-refractivity contribution < 1.29 is 32.5 Å². The van der Waals surface area contributed by atoms with Gasteiger partial charge in [-0.05, 0) is 42.7 Å². The number of alkyl halides is 3. The topological polar surface area (TPSA) is 55.8 Å². The lowest BCUT2D eigenvalue weighted by atomic mass is 10.0. The molecule has 0 aliphatic carbocycles. The van der Waals surface area contributed by atoms with Gasteiger partial charge in [-0.25, -0.2) is 4.79 Å². The van der Waals surface area contributed by atoms with Crippen LogP contribution >= 0.6 is 23.4 Å². The first-order chi connectivity index (χ1) is 12.7. The van der Waals surface area contributed by atoms with Crippen LogP contribution in [0.15, 0.2) is 46.9 Å². The maximum Gasteiger partial charge on any atom is 0.430 e. The van der Waals surface area contributed by atoms with Gasteiger partial charge in [0.25, 0.3) is 0 Å². The second-order valence-corrected chi connectivity index (χ2v) is 6.83. The van der Waals surface area contributed by atoms with Crippen molar-refractivity contribution in [3.63, 3.8) is 0 Å². The Kier molecular flexibility index (Phi) is 5.30. The van der Waals surface area contributed by atoms with Crippen molar-refractivity contribution in [1.82, 2.24) is 0 Å². The van der Waals surface area contributed by atoms with Gasteiger partial charge < -0.3 is 14.6 Å². The zero-order valence-corrected chi connectivity index (χ0v) is 15.3. The Morgan fingerprint density at radius 1 is 1.26 bits per heavy atom. The van der Waals surface area contributed by atoms with Gasteiger partial charge in [0.1, 0.15) is 17.2 Å². The highest BCUT2D eigenvalue weighted by molar-refractivity contribution is 7.98. The fourth-order valence-electron chi connectivity index (χ4n) is 2.46. The lowest BCUT2D eigenvalue weighted by Gasteiger charge is -2.27. The third-order valence-electron chi connectivity index (χ3n) is 3.73. The van der Waals surface area contributed by atoms with Gasteiger partial charge in [0, 0.05) is 16.5 Å². The summed E-state index contributed by atoms with van der Waals surface area (Å²) in [6, 6.07) is 9.56. The Labute approximate surface area is 161 Å². The van der Waals surface area contributed by atoms with Crippen molar-refractivity contribution in [3.8, 4) is 17.2 Å². The molecule has 1 N–H and O–H groups in total. The summed E-state index contributed by atoms with van der Waals surface area (Å²) in [6.07, 6.45) is -4.63. The molecule has 142 valence electrons. The lowest BCUT2D eigenvalue weighted by Crippen LogP contribution is -2.40. The van der Waals surface area contributed by atoms with E-state index in [1.165, 1.54) is 12.1 Å². The number of halogens is 4. The minimum atomic E-state index is -4.88. The predicted molar refractivity (Wildman–Crippen MR) is 95.8 cm³/mol. The highest BCUT2D eigenvalue weighted by Gasteiger charge is 2.48. The third kappa shape index (κ3) is 4.17. The van der Waals surface area contributed by atoms with Gasteiger partial charge >= 0.3 is 12.1 Å². The second kappa shape index (κ2) is 7.36. The van der Waals surface area contributed by atoms with Crippen molar-refractivity contribution in [2.24, 2.45) is 0 Å². The normalized spacial score (nSPS) is 16.2.